The maximum atomic E-state index is 12.3. The second kappa shape index (κ2) is 7.52. The fraction of sp³-hybridized carbons (Fsp3) is 0.136. The van der Waals surface area contributed by atoms with E-state index in [0.29, 0.717) is 30.1 Å². The summed E-state index contributed by atoms with van der Waals surface area (Å²) in [4.78, 5) is 31.5. The number of aryl methyl sites for hydroxylation is 1. The highest BCUT2D eigenvalue weighted by Gasteiger charge is 2.23. The second-order valence-corrected chi connectivity index (χ2v) is 6.38. The van der Waals surface area contributed by atoms with Gasteiger partial charge in [-0.15, -0.1) is 0 Å². The Balaban J connectivity index is 1.51. The van der Waals surface area contributed by atoms with Gasteiger partial charge in [0.1, 0.15) is 11.4 Å². The molecule has 0 aliphatic carbocycles. The van der Waals surface area contributed by atoms with E-state index in [2.05, 4.69) is 9.98 Å². The highest BCUT2D eigenvalue weighted by Crippen LogP contribution is 2.20. The Labute approximate surface area is 161 Å². The zero-order valence-corrected chi connectivity index (χ0v) is 15.3. The van der Waals surface area contributed by atoms with Crippen molar-refractivity contribution >= 4 is 22.8 Å². The Morgan fingerprint density at radius 3 is 2.71 bits per heavy atom. The average molecular weight is 374 g/mol. The summed E-state index contributed by atoms with van der Waals surface area (Å²) in [6.07, 6.45) is 2.70. The van der Waals surface area contributed by atoms with Crippen molar-refractivity contribution in [1.29, 1.82) is 0 Å². The molecule has 0 atom stereocenters. The predicted molar refractivity (Wildman–Crippen MR) is 107 cm³/mol. The van der Waals surface area contributed by atoms with Gasteiger partial charge < -0.3 is 14.5 Å². The number of nitrogens with zero attached hydrogens (tertiary/aromatic N) is 1. The molecule has 1 aliphatic rings. The fourth-order valence-corrected chi connectivity index (χ4v) is 3.05. The summed E-state index contributed by atoms with van der Waals surface area (Å²) in [7, 11) is 1.58. The minimum atomic E-state index is -0.474. The Morgan fingerprint density at radius 1 is 1.11 bits per heavy atom. The number of carbonyl (C=O) groups is 1. The zero-order chi connectivity index (χ0) is 19.5. The number of ether oxygens (including phenoxy) is 2. The smallest absolute Gasteiger partial charge is 0.363 e. The van der Waals surface area contributed by atoms with Crippen molar-refractivity contribution < 1.29 is 14.3 Å². The lowest BCUT2D eigenvalue weighted by Gasteiger charge is -2.04. The standard InChI is InChI=1S/C22H18N2O4/c1-27-17-11-10-15-12-16(20(25)23-19(15)13-17)8-5-9-18-22(26)28-21(24-18)14-6-3-2-4-7-14/h2-4,6-7,9-13H,5,8H2,1H3,(H,23,25)/b18-9-. The lowest BCUT2D eigenvalue weighted by Crippen LogP contribution is -2.12. The highest BCUT2D eigenvalue weighted by molar-refractivity contribution is 6.11. The molecular weight excluding hydrogens is 356 g/mol. The van der Waals surface area contributed by atoms with Crippen LogP contribution in [0.15, 0.2) is 76.2 Å². The molecule has 6 nitrogen and oxygen atoms in total. The number of carbonyl (C=O) groups excluding carboxylic acids is 1. The van der Waals surface area contributed by atoms with E-state index in [1.54, 1.807) is 19.3 Å². The van der Waals surface area contributed by atoms with Crippen LogP contribution in [0.4, 0.5) is 0 Å². The van der Waals surface area contributed by atoms with E-state index in [-0.39, 0.29) is 11.3 Å². The van der Waals surface area contributed by atoms with Crippen molar-refractivity contribution in [3.05, 3.63) is 87.9 Å². The van der Waals surface area contributed by atoms with Crippen LogP contribution in [0.3, 0.4) is 0 Å². The average Bonchev–Trinajstić information content (AvgIpc) is 3.09. The van der Waals surface area contributed by atoms with Crippen molar-refractivity contribution in [1.82, 2.24) is 4.98 Å². The first kappa shape index (κ1) is 17.7. The minimum Gasteiger partial charge on any atom is -0.497 e. The van der Waals surface area contributed by atoms with Gasteiger partial charge in [-0.2, -0.15) is 0 Å². The van der Waals surface area contributed by atoms with Crippen LogP contribution in [-0.4, -0.2) is 24.0 Å². The molecule has 4 rings (SSSR count). The molecule has 1 aromatic heterocycles. The minimum absolute atomic E-state index is 0.151. The van der Waals surface area contributed by atoms with E-state index < -0.39 is 5.97 Å². The van der Waals surface area contributed by atoms with Gasteiger partial charge in [0, 0.05) is 17.2 Å². The monoisotopic (exact) mass is 374 g/mol. The molecule has 2 aromatic carbocycles. The van der Waals surface area contributed by atoms with Crippen LogP contribution in [0, 0.1) is 0 Å². The molecule has 0 unspecified atom stereocenters. The normalized spacial score (nSPS) is 15.0. The van der Waals surface area contributed by atoms with E-state index in [1.165, 1.54) is 0 Å². The van der Waals surface area contributed by atoms with E-state index in [0.717, 1.165) is 16.5 Å². The van der Waals surface area contributed by atoms with Crippen LogP contribution in [0.5, 0.6) is 5.75 Å². The molecule has 0 radical (unpaired) electrons. The van der Waals surface area contributed by atoms with Crippen LogP contribution >= 0.6 is 0 Å². The van der Waals surface area contributed by atoms with Crippen molar-refractivity contribution in [2.75, 3.05) is 7.11 Å². The number of rotatable bonds is 5. The first-order chi connectivity index (χ1) is 13.6. The SMILES string of the molecule is COc1ccc2cc(CC/C=C3\N=C(c4ccccc4)OC3=O)c(=O)[nH]c2c1. The van der Waals surface area contributed by atoms with Gasteiger partial charge in [0.25, 0.3) is 5.56 Å². The third-order valence-electron chi connectivity index (χ3n) is 4.52. The van der Waals surface area contributed by atoms with E-state index >= 15 is 0 Å². The Hall–Kier alpha value is -3.67. The molecule has 140 valence electrons. The number of allylic oxidation sites excluding steroid dienone is 1. The van der Waals surface area contributed by atoms with Crippen LogP contribution in [0.1, 0.15) is 17.5 Å². The van der Waals surface area contributed by atoms with Crippen LogP contribution < -0.4 is 10.3 Å². The van der Waals surface area contributed by atoms with Crippen LogP contribution in [0.25, 0.3) is 10.9 Å². The van der Waals surface area contributed by atoms with Gasteiger partial charge >= 0.3 is 5.97 Å². The Kier molecular flexibility index (Phi) is 4.76. The fourth-order valence-electron chi connectivity index (χ4n) is 3.05. The van der Waals surface area contributed by atoms with Gasteiger partial charge in [-0.1, -0.05) is 24.3 Å². The van der Waals surface area contributed by atoms with E-state index in [4.69, 9.17) is 9.47 Å². The summed E-state index contributed by atoms with van der Waals surface area (Å²) in [5, 5.41) is 0.924. The number of methoxy groups -OCH3 is 1. The molecule has 1 aliphatic heterocycles. The summed E-state index contributed by atoms with van der Waals surface area (Å²) in [6, 6.07) is 16.7. The Morgan fingerprint density at radius 2 is 1.93 bits per heavy atom. The van der Waals surface area contributed by atoms with Crippen molar-refractivity contribution in [2.24, 2.45) is 4.99 Å². The number of aliphatic imine (C=N–C) groups is 1. The van der Waals surface area contributed by atoms with E-state index in [9.17, 15) is 9.59 Å². The molecule has 3 aromatic rings. The van der Waals surface area contributed by atoms with Crippen molar-refractivity contribution in [2.45, 2.75) is 12.8 Å². The summed E-state index contributed by atoms with van der Waals surface area (Å²) < 4.78 is 10.4. The van der Waals surface area contributed by atoms with E-state index in [1.807, 2.05) is 48.5 Å². The zero-order valence-electron chi connectivity index (χ0n) is 15.3. The lowest BCUT2D eigenvalue weighted by molar-refractivity contribution is -0.130. The largest absolute Gasteiger partial charge is 0.497 e. The highest BCUT2D eigenvalue weighted by atomic mass is 16.6. The van der Waals surface area contributed by atoms with Crippen molar-refractivity contribution in [3.8, 4) is 5.75 Å². The number of aromatic nitrogens is 1. The quantitative estimate of drug-likeness (QED) is 0.548. The molecular formula is C22H18N2O4. The van der Waals surface area contributed by atoms with Gasteiger partial charge in [-0.3, -0.25) is 4.79 Å². The van der Waals surface area contributed by atoms with Gasteiger partial charge in [0.15, 0.2) is 0 Å². The maximum Gasteiger partial charge on any atom is 0.363 e. The molecule has 0 saturated carbocycles. The number of esters is 1. The third-order valence-corrected chi connectivity index (χ3v) is 4.52. The number of nitrogens with one attached hydrogen (secondary N) is 1. The maximum absolute atomic E-state index is 12.3. The summed E-state index contributed by atoms with van der Waals surface area (Å²) >= 11 is 0. The molecule has 6 heteroatoms. The first-order valence-electron chi connectivity index (χ1n) is 8.90. The number of H-pyrrole nitrogens is 1. The molecule has 2 heterocycles. The predicted octanol–water partition coefficient (Wildman–Crippen LogP) is 3.36. The number of fused-ring (bicyclic) bond motifs is 1. The molecule has 1 N–H and O–H groups in total. The number of cyclic esters (lactones) is 1. The summed E-state index contributed by atoms with van der Waals surface area (Å²) in [6.45, 7) is 0. The summed E-state index contributed by atoms with van der Waals surface area (Å²) in [5.74, 6) is 0.514. The molecule has 0 amide bonds. The third kappa shape index (κ3) is 3.57. The van der Waals surface area contributed by atoms with Gasteiger partial charge in [-0.05, 0) is 48.6 Å². The molecule has 28 heavy (non-hydrogen) atoms. The first-order valence-corrected chi connectivity index (χ1v) is 8.90. The molecule has 0 fully saturated rings. The van der Waals surface area contributed by atoms with Gasteiger partial charge in [0.2, 0.25) is 5.90 Å². The number of pyridine rings is 1. The lowest BCUT2D eigenvalue weighted by atomic mass is 10.1. The molecule has 0 saturated heterocycles. The number of hydrogen-bond acceptors (Lipinski definition) is 5. The Bertz CT molecular complexity index is 1160. The van der Waals surface area contributed by atoms with Crippen molar-refractivity contribution in [3.63, 3.8) is 0 Å². The van der Waals surface area contributed by atoms with Gasteiger partial charge in [0.05, 0.1) is 12.6 Å². The topological polar surface area (TPSA) is 80.8 Å². The van der Waals surface area contributed by atoms with Crippen LogP contribution in [0.2, 0.25) is 0 Å². The number of aromatic amines is 1. The number of benzene rings is 2. The summed E-state index contributed by atoms with van der Waals surface area (Å²) in [5.41, 5.74) is 2.24. The second-order valence-electron chi connectivity index (χ2n) is 6.38. The number of hydrogen-bond donors (Lipinski definition) is 1. The van der Waals surface area contributed by atoms with Gasteiger partial charge in [-0.25, -0.2) is 9.79 Å². The molecule has 0 spiro atoms. The molecule has 0 bridgehead atoms. The van der Waals surface area contributed by atoms with Crippen LogP contribution in [-0.2, 0) is 16.0 Å².